The number of benzene rings is 1. The van der Waals surface area contributed by atoms with E-state index in [0.717, 1.165) is 29.8 Å². The van der Waals surface area contributed by atoms with E-state index in [-0.39, 0.29) is 0 Å². The summed E-state index contributed by atoms with van der Waals surface area (Å²) in [6.45, 7) is 4.38. The second-order valence-electron chi connectivity index (χ2n) is 5.60. The van der Waals surface area contributed by atoms with Crippen LogP contribution in [0.15, 0.2) is 30.3 Å². The summed E-state index contributed by atoms with van der Waals surface area (Å²) < 4.78 is 0. The number of nitrogens with two attached hydrogens (primary N) is 1. The second-order valence-corrected chi connectivity index (χ2v) is 5.60. The predicted molar refractivity (Wildman–Crippen MR) is 80.9 cm³/mol. The molecule has 2 N–H and O–H groups in total. The van der Waals surface area contributed by atoms with Crippen LogP contribution in [-0.2, 0) is 0 Å². The Hall–Kier alpha value is -2.10. The lowest BCUT2D eigenvalue weighted by atomic mass is 10.0. The highest BCUT2D eigenvalue weighted by Crippen LogP contribution is 2.25. The van der Waals surface area contributed by atoms with Crippen molar-refractivity contribution in [3.05, 3.63) is 35.9 Å². The molecule has 1 unspecified atom stereocenters. The highest BCUT2D eigenvalue weighted by Gasteiger charge is 2.18. The van der Waals surface area contributed by atoms with E-state index in [1.165, 1.54) is 12.8 Å². The average molecular weight is 269 g/mol. The summed E-state index contributed by atoms with van der Waals surface area (Å²) in [6.07, 6.45) is 2.50. The number of rotatable bonds is 2. The zero-order chi connectivity index (χ0) is 14.1. The summed E-state index contributed by atoms with van der Waals surface area (Å²) in [5.41, 5.74) is 6.77. The topological polar surface area (TPSA) is 59.2 Å². The summed E-state index contributed by atoms with van der Waals surface area (Å²) in [4.78, 5) is 18.4. The van der Waals surface area contributed by atoms with Gasteiger partial charge in [0.15, 0.2) is 0 Å². The smallest absolute Gasteiger partial charge is 0.249 e. The number of piperidine rings is 1. The molecule has 1 aliphatic heterocycles. The summed E-state index contributed by atoms with van der Waals surface area (Å²) in [5, 5.41) is 0.828. The summed E-state index contributed by atoms with van der Waals surface area (Å²) in [5.74, 6) is 1.29. The first kappa shape index (κ1) is 12.9. The molecule has 2 heterocycles. The van der Waals surface area contributed by atoms with Crippen molar-refractivity contribution >= 4 is 22.6 Å². The molecule has 2 aromatic rings. The molecule has 1 amide bonds. The van der Waals surface area contributed by atoms with Gasteiger partial charge >= 0.3 is 0 Å². The van der Waals surface area contributed by atoms with Crippen LogP contribution < -0.4 is 10.6 Å². The van der Waals surface area contributed by atoms with Crippen molar-refractivity contribution in [2.75, 3.05) is 18.0 Å². The first-order valence-corrected chi connectivity index (χ1v) is 7.09. The van der Waals surface area contributed by atoms with Crippen LogP contribution in [0, 0.1) is 5.92 Å². The second kappa shape index (κ2) is 5.12. The van der Waals surface area contributed by atoms with Gasteiger partial charge in [0.25, 0.3) is 0 Å². The molecule has 0 radical (unpaired) electrons. The van der Waals surface area contributed by atoms with Gasteiger partial charge < -0.3 is 10.6 Å². The van der Waals surface area contributed by atoms with Crippen molar-refractivity contribution in [1.29, 1.82) is 0 Å². The van der Waals surface area contributed by atoms with Crippen molar-refractivity contribution in [1.82, 2.24) is 4.98 Å². The molecule has 1 saturated heterocycles. The summed E-state index contributed by atoms with van der Waals surface area (Å²) in [6, 6.07) is 9.45. The SMILES string of the molecule is CC1CCCN(c2ccc3c(C(N)=O)cccc3n2)C1. The highest BCUT2D eigenvalue weighted by molar-refractivity contribution is 6.05. The van der Waals surface area contributed by atoms with Crippen LogP contribution >= 0.6 is 0 Å². The molecule has 0 saturated carbocycles. The third-order valence-corrected chi connectivity index (χ3v) is 3.96. The van der Waals surface area contributed by atoms with Crippen molar-refractivity contribution in [3.8, 4) is 0 Å². The van der Waals surface area contributed by atoms with E-state index in [2.05, 4.69) is 11.8 Å². The summed E-state index contributed by atoms with van der Waals surface area (Å²) in [7, 11) is 0. The first-order chi connectivity index (χ1) is 9.65. The van der Waals surface area contributed by atoms with Crippen LogP contribution in [0.3, 0.4) is 0 Å². The molecule has 1 aromatic heterocycles. The third kappa shape index (κ3) is 2.33. The van der Waals surface area contributed by atoms with Gasteiger partial charge in [-0.3, -0.25) is 4.79 Å². The number of aromatic nitrogens is 1. The van der Waals surface area contributed by atoms with E-state index in [9.17, 15) is 4.79 Å². The minimum absolute atomic E-state index is 0.406. The molecule has 4 heteroatoms. The van der Waals surface area contributed by atoms with Crippen molar-refractivity contribution < 1.29 is 4.79 Å². The van der Waals surface area contributed by atoms with E-state index >= 15 is 0 Å². The van der Waals surface area contributed by atoms with Gasteiger partial charge in [-0.15, -0.1) is 0 Å². The third-order valence-electron chi connectivity index (χ3n) is 3.96. The van der Waals surface area contributed by atoms with E-state index in [0.29, 0.717) is 11.5 Å². The number of hydrogen-bond donors (Lipinski definition) is 1. The number of amides is 1. The zero-order valence-corrected chi connectivity index (χ0v) is 11.7. The van der Waals surface area contributed by atoms with E-state index < -0.39 is 5.91 Å². The molecule has 0 aliphatic carbocycles. The van der Waals surface area contributed by atoms with Crippen LogP contribution in [0.4, 0.5) is 5.82 Å². The molecule has 20 heavy (non-hydrogen) atoms. The number of carbonyl (C=O) groups excluding carboxylic acids is 1. The molecular formula is C16H19N3O. The molecular weight excluding hydrogens is 250 g/mol. The van der Waals surface area contributed by atoms with Crippen LogP contribution in [-0.4, -0.2) is 24.0 Å². The van der Waals surface area contributed by atoms with Gasteiger partial charge in [-0.1, -0.05) is 13.0 Å². The Morgan fingerprint density at radius 2 is 2.20 bits per heavy atom. The molecule has 4 nitrogen and oxygen atoms in total. The Labute approximate surface area is 118 Å². The van der Waals surface area contributed by atoms with Gasteiger partial charge in [-0.2, -0.15) is 0 Å². The van der Waals surface area contributed by atoms with E-state index in [1.54, 1.807) is 6.07 Å². The minimum atomic E-state index is -0.406. The fourth-order valence-electron chi connectivity index (χ4n) is 2.93. The maximum atomic E-state index is 11.4. The number of fused-ring (bicyclic) bond motifs is 1. The number of primary amides is 1. The van der Waals surface area contributed by atoms with Crippen LogP contribution in [0.1, 0.15) is 30.1 Å². The highest BCUT2D eigenvalue weighted by atomic mass is 16.1. The molecule has 0 spiro atoms. The Bertz CT molecular complexity index is 653. The van der Waals surface area contributed by atoms with Crippen LogP contribution in [0.25, 0.3) is 10.9 Å². The average Bonchev–Trinajstić information content (AvgIpc) is 2.46. The maximum Gasteiger partial charge on any atom is 0.249 e. The lowest BCUT2D eigenvalue weighted by Gasteiger charge is -2.32. The molecule has 3 rings (SSSR count). The Morgan fingerprint density at radius 3 is 2.95 bits per heavy atom. The minimum Gasteiger partial charge on any atom is -0.366 e. The molecule has 1 aromatic carbocycles. The number of carbonyl (C=O) groups is 1. The lowest BCUT2D eigenvalue weighted by Crippen LogP contribution is -2.34. The van der Waals surface area contributed by atoms with E-state index in [4.69, 9.17) is 10.7 Å². The van der Waals surface area contributed by atoms with E-state index in [1.807, 2.05) is 24.3 Å². The monoisotopic (exact) mass is 269 g/mol. The maximum absolute atomic E-state index is 11.4. The van der Waals surface area contributed by atoms with Gasteiger partial charge in [0.2, 0.25) is 5.91 Å². The van der Waals surface area contributed by atoms with Gasteiger partial charge in [-0.05, 0) is 43.0 Å². The number of anilines is 1. The standard InChI is InChI=1S/C16H19N3O/c1-11-4-3-9-19(10-11)15-8-7-12-13(16(17)20)5-2-6-14(12)18-15/h2,5-8,11H,3-4,9-10H2,1H3,(H2,17,20). The Kier molecular flexibility index (Phi) is 3.30. The Morgan fingerprint density at radius 1 is 1.35 bits per heavy atom. The quantitative estimate of drug-likeness (QED) is 0.911. The number of pyridine rings is 1. The number of nitrogens with zero attached hydrogens (tertiary/aromatic N) is 2. The molecule has 0 bridgehead atoms. The fraction of sp³-hybridized carbons (Fsp3) is 0.375. The lowest BCUT2D eigenvalue weighted by molar-refractivity contribution is 0.100. The molecule has 104 valence electrons. The Balaban J connectivity index is 2.01. The van der Waals surface area contributed by atoms with Crippen LogP contribution in [0.5, 0.6) is 0 Å². The predicted octanol–water partition coefficient (Wildman–Crippen LogP) is 2.57. The molecule has 1 fully saturated rings. The van der Waals surface area contributed by atoms with Gasteiger partial charge in [0.1, 0.15) is 5.82 Å². The van der Waals surface area contributed by atoms with Crippen molar-refractivity contribution in [3.63, 3.8) is 0 Å². The van der Waals surface area contributed by atoms with Crippen molar-refractivity contribution in [2.45, 2.75) is 19.8 Å². The fourth-order valence-corrected chi connectivity index (χ4v) is 2.93. The van der Waals surface area contributed by atoms with Gasteiger partial charge in [-0.25, -0.2) is 4.98 Å². The molecule has 1 aliphatic rings. The van der Waals surface area contributed by atoms with Crippen LogP contribution in [0.2, 0.25) is 0 Å². The first-order valence-electron chi connectivity index (χ1n) is 7.09. The normalized spacial score (nSPS) is 19.2. The van der Waals surface area contributed by atoms with Crippen molar-refractivity contribution in [2.24, 2.45) is 11.7 Å². The van der Waals surface area contributed by atoms with Gasteiger partial charge in [0, 0.05) is 24.0 Å². The summed E-state index contributed by atoms with van der Waals surface area (Å²) >= 11 is 0. The largest absolute Gasteiger partial charge is 0.366 e. The number of hydrogen-bond acceptors (Lipinski definition) is 3. The zero-order valence-electron chi connectivity index (χ0n) is 11.7. The molecule has 1 atom stereocenters. The van der Waals surface area contributed by atoms with Gasteiger partial charge in [0.05, 0.1) is 5.52 Å².